The molecule has 198 valence electrons. The van der Waals surface area contributed by atoms with E-state index in [1.807, 2.05) is 0 Å². The van der Waals surface area contributed by atoms with E-state index in [4.69, 9.17) is 16.6 Å². The van der Waals surface area contributed by atoms with Gasteiger partial charge >= 0.3 is 11.9 Å². The maximum absolute atomic E-state index is 12.9. The van der Waals surface area contributed by atoms with Crippen molar-refractivity contribution < 1.29 is 44.1 Å². The molecule has 0 aliphatic heterocycles. The van der Waals surface area contributed by atoms with Crippen molar-refractivity contribution >= 4 is 35.6 Å². The standard InChI is InChI=1S/C22H31N5O9/c23-13(6-9-18(30)31)19(32)27-16(11-28)21(34)26-15(10-12-4-2-1-3-5-12)20(33)25-14(22(35)36)7-8-17(24)29/h1-5,13-16,28H,6-11,23H2,(H2,24,29)(H,25,33)(H,26,34)(H,27,32)(H,30,31)(H,35,36). The number of nitrogens with two attached hydrogens (primary N) is 2. The summed E-state index contributed by atoms with van der Waals surface area (Å²) in [5, 5.41) is 34.5. The van der Waals surface area contributed by atoms with Crippen molar-refractivity contribution in [2.24, 2.45) is 11.5 Å². The molecule has 10 N–H and O–H groups in total. The van der Waals surface area contributed by atoms with Gasteiger partial charge in [0.15, 0.2) is 0 Å². The highest BCUT2D eigenvalue weighted by Crippen LogP contribution is 2.06. The second-order valence-corrected chi connectivity index (χ2v) is 7.94. The molecule has 0 aromatic heterocycles. The molecule has 4 atom stereocenters. The van der Waals surface area contributed by atoms with Gasteiger partial charge in [-0.2, -0.15) is 0 Å². The van der Waals surface area contributed by atoms with Gasteiger partial charge in [0.05, 0.1) is 12.6 Å². The molecule has 14 nitrogen and oxygen atoms in total. The summed E-state index contributed by atoms with van der Waals surface area (Å²) in [6.07, 6.45) is -1.23. The molecule has 0 radical (unpaired) electrons. The smallest absolute Gasteiger partial charge is 0.326 e. The Bertz CT molecular complexity index is 941. The number of hydrogen-bond acceptors (Lipinski definition) is 8. The van der Waals surface area contributed by atoms with Gasteiger partial charge in [-0.25, -0.2) is 4.79 Å². The lowest BCUT2D eigenvalue weighted by atomic mass is 10.0. The number of carboxylic acids is 2. The van der Waals surface area contributed by atoms with E-state index >= 15 is 0 Å². The topological polar surface area (TPSA) is 251 Å². The Labute approximate surface area is 206 Å². The molecule has 1 aromatic rings. The normalized spacial score (nSPS) is 13.9. The molecule has 4 amide bonds. The van der Waals surface area contributed by atoms with Gasteiger partial charge < -0.3 is 42.7 Å². The number of aliphatic carboxylic acids is 2. The van der Waals surface area contributed by atoms with Crippen LogP contribution in [-0.2, 0) is 35.2 Å². The Kier molecular flexibility index (Phi) is 12.5. The van der Waals surface area contributed by atoms with Crippen molar-refractivity contribution in [3.05, 3.63) is 35.9 Å². The zero-order valence-corrected chi connectivity index (χ0v) is 19.4. The van der Waals surface area contributed by atoms with Crippen molar-refractivity contribution in [3.8, 4) is 0 Å². The summed E-state index contributed by atoms with van der Waals surface area (Å²) >= 11 is 0. The number of benzene rings is 1. The highest BCUT2D eigenvalue weighted by molar-refractivity contribution is 5.94. The molecule has 0 saturated heterocycles. The van der Waals surface area contributed by atoms with Crippen molar-refractivity contribution in [2.75, 3.05) is 6.61 Å². The van der Waals surface area contributed by atoms with E-state index in [1.165, 1.54) is 0 Å². The van der Waals surface area contributed by atoms with E-state index in [2.05, 4.69) is 16.0 Å². The predicted octanol–water partition coefficient (Wildman–Crippen LogP) is -2.78. The van der Waals surface area contributed by atoms with Crippen LogP contribution in [0.25, 0.3) is 0 Å². The number of primary amides is 1. The van der Waals surface area contributed by atoms with Gasteiger partial charge in [-0.1, -0.05) is 30.3 Å². The second-order valence-electron chi connectivity index (χ2n) is 7.94. The van der Waals surface area contributed by atoms with Crippen molar-refractivity contribution in [1.29, 1.82) is 0 Å². The van der Waals surface area contributed by atoms with Gasteiger partial charge in [-0.05, 0) is 18.4 Å². The SMILES string of the molecule is NC(=O)CCC(NC(=O)C(Cc1ccccc1)NC(=O)C(CO)NC(=O)C(N)CCC(=O)O)C(=O)O. The summed E-state index contributed by atoms with van der Waals surface area (Å²) in [5.74, 6) is -6.06. The first-order chi connectivity index (χ1) is 16.9. The number of aliphatic hydroxyl groups is 1. The van der Waals surface area contributed by atoms with Crippen LogP contribution in [-0.4, -0.2) is 81.7 Å². The minimum Gasteiger partial charge on any atom is -0.481 e. The lowest BCUT2D eigenvalue weighted by Crippen LogP contribution is -2.58. The molecule has 0 aliphatic carbocycles. The number of carbonyl (C=O) groups excluding carboxylic acids is 4. The van der Waals surface area contributed by atoms with Gasteiger partial charge in [0.25, 0.3) is 0 Å². The highest BCUT2D eigenvalue weighted by Gasteiger charge is 2.30. The van der Waals surface area contributed by atoms with Crippen LogP contribution in [0.2, 0.25) is 0 Å². The van der Waals surface area contributed by atoms with Crippen LogP contribution >= 0.6 is 0 Å². The van der Waals surface area contributed by atoms with Crippen molar-refractivity contribution in [1.82, 2.24) is 16.0 Å². The average Bonchev–Trinajstić information content (AvgIpc) is 2.82. The fourth-order valence-corrected chi connectivity index (χ4v) is 3.03. The van der Waals surface area contributed by atoms with Gasteiger partial charge in [-0.15, -0.1) is 0 Å². The van der Waals surface area contributed by atoms with Crippen LogP contribution in [0.4, 0.5) is 0 Å². The van der Waals surface area contributed by atoms with Gasteiger partial charge in [0.2, 0.25) is 23.6 Å². The number of rotatable bonds is 16. The molecular formula is C22H31N5O9. The third-order valence-electron chi connectivity index (χ3n) is 5.03. The van der Waals surface area contributed by atoms with Crippen LogP contribution in [0, 0.1) is 0 Å². The van der Waals surface area contributed by atoms with Crippen LogP contribution in [0.5, 0.6) is 0 Å². The van der Waals surface area contributed by atoms with Gasteiger partial charge in [-0.3, -0.25) is 24.0 Å². The Morgan fingerprint density at radius 3 is 1.86 bits per heavy atom. The number of carboxylic acid groups (broad SMARTS) is 2. The van der Waals surface area contributed by atoms with E-state index < -0.39 is 66.3 Å². The maximum Gasteiger partial charge on any atom is 0.326 e. The van der Waals surface area contributed by atoms with Crippen LogP contribution < -0.4 is 27.4 Å². The molecule has 0 heterocycles. The summed E-state index contributed by atoms with van der Waals surface area (Å²) in [6.45, 7) is -0.862. The molecule has 1 rings (SSSR count). The average molecular weight is 510 g/mol. The monoisotopic (exact) mass is 509 g/mol. The number of hydrogen-bond donors (Lipinski definition) is 8. The number of aliphatic hydroxyl groups excluding tert-OH is 1. The third-order valence-corrected chi connectivity index (χ3v) is 5.03. The van der Waals surface area contributed by atoms with E-state index in [0.29, 0.717) is 5.56 Å². The predicted molar refractivity (Wildman–Crippen MR) is 124 cm³/mol. The van der Waals surface area contributed by atoms with Crippen molar-refractivity contribution in [2.45, 2.75) is 56.3 Å². The largest absolute Gasteiger partial charge is 0.481 e. The lowest BCUT2D eigenvalue weighted by molar-refractivity contribution is -0.142. The third kappa shape index (κ3) is 10.9. The highest BCUT2D eigenvalue weighted by atomic mass is 16.4. The van der Waals surface area contributed by atoms with E-state index in [0.717, 1.165) is 0 Å². The summed E-state index contributed by atoms with van der Waals surface area (Å²) in [7, 11) is 0. The van der Waals surface area contributed by atoms with Crippen LogP contribution in [0.15, 0.2) is 30.3 Å². The molecule has 1 aromatic carbocycles. The molecule has 0 spiro atoms. The van der Waals surface area contributed by atoms with Crippen molar-refractivity contribution in [3.63, 3.8) is 0 Å². The van der Waals surface area contributed by atoms with Crippen LogP contribution in [0.3, 0.4) is 0 Å². The molecule has 0 aliphatic rings. The number of amides is 4. The fraction of sp³-hybridized carbons (Fsp3) is 0.455. The summed E-state index contributed by atoms with van der Waals surface area (Å²) in [5.41, 5.74) is 11.3. The molecular weight excluding hydrogens is 478 g/mol. The minimum atomic E-state index is -1.52. The summed E-state index contributed by atoms with van der Waals surface area (Å²) in [6, 6.07) is 2.89. The number of nitrogens with one attached hydrogen (secondary N) is 3. The molecule has 0 saturated carbocycles. The second kappa shape index (κ2) is 15.1. The van der Waals surface area contributed by atoms with E-state index in [1.54, 1.807) is 30.3 Å². The molecule has 36 heavy (non-hydrogen) atoms. The molecule has 0 fully saturated rings. The quantitative estimate of drug-likeness (QED) is 0.114. The first-order valence-electron chi connectivity index (χ1n) is 11.0. The Hall–Kier alpha value is -4.04. The van der Waals surface area contributed by atoms with E-state index in [-0.39, 0.29) is 32.1 Å². The van der Waals surface area contributed by atoms with Gasteiger partial charge in [0.1, 0.15) is 18.1 Å². The summed E-state index contributed by atoms with van der Waals surface area (Å²) in [4.78, 5) is 71.0. The molecule has 14 heteroatoms. The Morgan fingerprint density at radius 2 is 1.33 bits per heavy atom. The molecule has 0 bridgehead atoms. The Morgan fingerprint density at radius 1 is 0.778 bits per heavy atom. The van der Waals surface area contributed by atoms with Crippen LogP contribution in [0.1, 0.15) is 31.2 Å². The molecule has 4 unspecified atom stereocenters. The first-order valence-corrected chi connectivity index (χ1v) is 11.0. The lowest BCUT2D eigenvalue weighted by Gasteiger charge is -2.24. The number of carbonyl (C=O) groups is 6. The van der Waals surface area contributed by atoms with Gasteiger partial charge in [0, 0.05) is 19.3 Å². The zero-order valence-electron chi connectivity index (χ0n) is 19.4. The minimum absolute atomic E-state index is 0.0647. The van der Waals surface area contributed by atoms with E-state index in [9.17, 15) is 39.0 Å². The summed E-state index contributed by atoms with van der Waals surface area (Å²) < 4.78 is 0. The fourth-order valence-electron chi connectivity index (χ4n) is 3.03. The Balaban J connectivity index is 2.98. The maximum atomic E-state index is 12.9. The first kappa shape index (κ1) is 30.0. The zero-order chi connectivity index (χ0) is 27.3.